The van der Waals surface area contributed by atoms with Gasteiger partial charge in [0.15, 0.2) is 0 Å². The molecule has 0 heterocycles. The molecule has 0 rings (SSSR count). The molecule has 0 aliphatic carbocycles. The number of amides is 5. The zero-order chi connectivity index (χ0) is 36.8. The third kappa shape index (κ3) is 37.5. The van der Waals surface area contributed by atoms with Crippen molar-refractivity contribution >= 4 is 36.0 Å². The van der Waals surface area contributed by atoms with Crippen LogP contribution in [0, 0.1) is 0 Å². The topological polar surface area (TPSA) is 220 Å². The Morgan fingerprint density at radius 1 is 0.420 bits per heavy atom. The first-order chi connectivity index (χ1) is 24.3. The maximum atomic E-state index is 11.9. The van der Waals surface area contributed by atoms with Crippen LogP contribution in [-0.4, -0.2) is 127 Å². The van der Waals surface area contributed by atoms with Gasteiger partial charge < -0.3 is 50.6 Å². The molecular weight excluding hydrogens is 654 g/mol. The Bertz CT molecular complexity index is 896. The van der Waals surface area contributed by atoms with Crippen molar-refractivity contribution in [3.8, 4) is 0 Å². The van der Waals surface area contributed by atoms with Gasteiger partial charge in [0.05, 0.1) is 39.6 Å². The molecular formula is C34H63N5O11. The first kappa shape index (κ1) is 46.7. The van der Waals surface area contributed by atoms with Gasteiger partial charge in [-0.15, -0.1) is 0 Å². The molecule has 5 amide bonds. The minimum Gasteiger partial charge on any atom is -0.481 e. The van der Waals surface area contributed by atoms with Crippen LogP contribution in [0.25, 0.3) is 0 Å². The number of ether oxygens (including phenoxy) is 4. The summed E-state index contributed by atoms with van der Waals surface area (Å²) in [5.74, 6) is -1.31. The van der Waals surface area contributed by atoms with E-state index in [1.165, 1.54) is 0 Å². The lowest BCUT2D eigenvalue weighted by molar-refractivity contribution is -0.137. The monoisotopic (exact) mass is 717 g/mol. The van der Waals surface area contributed by atoms with Gasteiger partial charge in [-0.2, -0.15) is 0 Å². The number of carboxylic acid groups (broad SMARTS) is 1. The van der Waals surface area contributed by atoms with Gasteiger partial charge in [0.25, 0.3) is 0 Å². The van der Waals surface area contributed by atoms with E-state index in [1.807, 2.05) is 0 Å². The van der Waals surface area contributed by atoms with Crippen molar-refractivity contribution in [2.45, 2.75) is 96.3 Å². The summed E-state index contributed by atoms with van der Waals surface area (Å²) in [7, 11) is 0. The van der Waals surface area contributed by atoms with E-state index in [0.717, 1.165) is 70.6 Å². The number of carbonyl (C=O) groups is 6. The van der Waals surface area contributed by atoms with Crippen LogP contribution in [-0.2, 0) is 47.7 Å². The average molecular weight is 718 g/mol. The highest BCUT2D eigenvalue weighted by atomic mass is 16.5. The van der Waals surface area contributed by atoms with Gasteiger partial charge in [-0.05, 0) is 38.5 Å². The van der Waals surface area contributed by atoms with Crippen molar-refractivity contribution in [2.24, 2.45) is 0 Å². The van der Waals surface area contributed by atoms with Gasteiger partial charge in [-0.1, -0.05) is 38.5 Å². The number of hydrogen-bond acceptors (Lipinski definition) is 10. The molecule has 0 unspecified atom stereocenters. The molecule has 0 radical (unpaired) electrons. The second-order valence-corrected chi connectivity index (χ2v) is 11.7. The summed E-state index contributed by atoms with van der Waals surface area (Å²) in [6, 6.07) is 0. The highest BCUT2D eigenvalue weighted by molar-refractivity contribution is 5.78. The fraction of sp³-hybridized carbons (Fsp3) is 0.824. The zero-order valence-corrected chi connectivity index (χ0v) is 29.9. The number of unbranched alkanes of at least 4 members (excludes halogenated alkanes) is 9. The van der Waals surface area contributed by atoms with Crippen LogP contribution < -0.4 is 26.6 Å². The van der Waals surface area contributed by atoms with Crippen molar-refractivity contribution < 1.29 is 52.8 Å². The highest BCUT2D eigenvalue weighted by Crippen LogP contribution is 2.10. The van der Waals surface area contributed by atoms with E-state index in [2.05, 4.69) is 26.6 Å². The van der Waals surface area contributed by atoms with E-state index >= 15 is 0 Å². The molecule has 6 N–H and O–H groups in total. The molecule has 16 heteroatoms. The zero-order valence-electron chi connectivity index (χ0n) is 29.9. The molecule has 0 aliphatic rings. The van der Waals surface area contributed by atoms with Crippen LogP contribution >= 0.6 is 0 Å². The average Bonchev–Trinajstić information content (AvgIpc) is 3.09. The minimum absolute atomic E-state index is 0.00378. The van der Waals surface area contributed by atoms with Gasteiger partial charge in [-0.25, -0.2) is 0 Å². The molecule has 0 fully saturated rings. The summed E-state index contributed by atoms with van der Waals surface area (Å²) in [5.41, 5.74) is 0. The third-order valence-electron chi connectivity index (χ3n) is 7.20. The van der Waals surface area contributed by atoms with Crippen molar-refractivity contribution in [3.05, 3.63) is 0 Å². The van der Waals surface area contributed by atoms with E-state index in [1.54, 1.807) is 0 Å². The summed E-state index contributed by atoms with van der Waals surface area (Å²) in [6.45, 7) is 3.86. The van der Waals surface area contributed by atoms with E-state index in [4.69, 9.17) is 24.1 Å². The number of nitrogens with one attached hydrogen (secondary N) is 5. The summed E-state index contributed by atoms with van der Waals surface area (Å²) < 4.78 is 21.3. The van der Waals surface area contributed by atoms with E-state index in [9.17, 15) is 28.8 Å². The number of rotatable bonds is 38. The minimum atomic E-state index is -0.735. The molecule has 0 aromatic heterocycles. The molecule has 0 aromatic carbocycles. The fourth-order valence-electron chi connectivity index (χ4n) is 4.49. The summed E-state index contributed by atoms with van der Waals surface area (Å²) in [4.78, 5) is 68.0. The normalized spacial score (nSPS) is 10.7. The molecule has 0 bridgehead atoms. The Balaban J connectivity index is 3.39. The van der Waals surface area contributed by atoms with Crippen LogP contribution in [0.3, 0.4) is 0 Å². The van der Waals surface area contributed by atoms with Crippen LogP contribution in [0.5, 0.6) is 0 Å². The summed E-state index contributed by atoms with van der Waals surface area (Å²) >= 11 is 0. The predicted octanol–water partition coefficient (Wildman–Crippen LogP) is 1.20. The van der Waals surface area contributed by atoms with Crippen molar-refractivity contribution in [1.82, 2.24) is 26.6 Å². The standard InChI is InChI=1S/C34H63N5O11/c40-29-35-16-10-7-11-17-37-32(43)27-49-25-24-48-22-20-39-33(44)28-50-26-23-47-21-19-38-31(42)14-12-18-36-30(41)13-8-5-3-1-2-4-6-9-15-34(45)46/h29H,1-28H2,(H,35,40)(H,36,41)(H,37,43)(H,38,42)(H,39,44)(H,45,46). The van der Waals surface area contributed by atoms with Crippen LogP contribution in [0.15, 0.2) is 0 Å². The van der Waals surface area contributed by atoms with E-state index < -0.39 is 5.97 Å². The number of aliphatic carboxylic acids is 1. The number of carboxylic acids is 1. The molecule has 0 saturated heterocycles. The molecule has 290 valence electrons. The van der Waals surface area contributed by atoms with Crippen molar-refractivity contribution in [1.29, 1.82) is 0 Å². The van der Waals surface area contributed by atoms with Crippen LogP contribution in [0.4, 0.5) is 0 Å². The Labute approximate surface area is 297 Å². The van der Waals surface area contributed by atoms with E-state index in [-0.39, 0.29) is 63.1 Å². The second kappa shape index (κ2) is 36.9. The second-order valence-electron chi connectivity index (χ2n) is 11.7. The summed E-state index contributed by atoms with van der Waals surface area (Å²) in [6.07, 6.45) is 12.8. The lowest BCUT2D eigenvalue weighted by atomic mass is 10.1. The van der Waals surface area contributed by atoms with Gasteiger partial charge in [0.2, 0.25) is 30.0 Å². The van der Waals surface area contributed by atoms with Gasteiger partial charge in [0.1, 0.15) is 13.2 Å². The highest BCUT2D eigenvalue weighted by Gasteiger charge is 2.05. The fourth-order valence-corrected chi connectivity index (χ4v) is 4.49. The number of carbonyl (C=O) groups excluding carboxylic acids is 5. The van der Waals surface area contributed by atoms with Gasteiger partial charge in [0, 0.05) is 52.0 Å². The van der Waals surface area contributed by atoms with Crippen LogP contribution in [0.2, 0.25) is 0 Å². The SMILES string of the molecule is O=CNCCCCCNC(=O)COCCOCCNC(=O)COCCOCCNC(=O)CCCNC(=O)CCCCCCCCCCC(=O)O. The maximum absolute atomic E-state index is 11.9. The van der Waals surface area contributed by atoms with Crippen molar-refractivity contribution in [3.63, 3.8) is 0 Å². The van der Waals surface area contributed by atoms with Crippen LogP contribution in [0.1, 0.15) is 96.3 Å². The molecule has 0 aromatic rings. The lowest BCUT2D eigenvalue weighted by Gasteiger charge is -2.09. The maximum Gasteiger partial charge on any atom is 0.303 e. The van der Waals surface area contributed by atoms with Gasteiger partial charge >= 0.3 is 5.97 Å². The first-order valence-electron chi connectivity index (χ1n) is 18.1. The lowest BCUT2D eigenvalue weighted by Crippen LogP contribution is -2.32. The molecule has 0 aliphatic heterocycles. The van der Waals surface area contributed by atoms with E-state index in [0.29, 0.717) is 78.2 Å². The number of hydrogen-bond donors (Lipinski definition) is 6. The Morgan fingerprint density at radius 3 is 1.38 bits per heavy atom. The Morgan fingerprint density at radius 2 is 0.820 bits per heavy atom. The Hall–Kier alpha value is -3.34. The first-order valence-corrected chi connectivity index (χ1v) is 18.1. The molecule has 0 saturated carbocycles. The summed E-state index contributed by atoms with van der Waals surface area (Å²) in [5, 5.41) is 22.3. The molecule has 50 heavy (non-hydrogen) atoms. The predicted molar refractivity (Wildman–Crippen MR) is 186 cm³/mol. The van der Waals surface area contributed by atoms with Gasteiger partial charge in [-0.3, -0.25) is 28.8 Å². The quantitative estimate of drug-likeness (QED) is 0.0394. The Kier molecular flexibility index (Phi) is 34.5. The largest absolute Gasteiger partial charge is 0.481 e. The molecule has 16 nitrogen and oxygen atoms in total. The third-order valence-corrected chi connectivity index (χ3v) is 7.20. The molecule has 0 atom stereocenters. The molecule has 0 spiro atoms. The smallest absolute Gasteiger partial charge is 0.303 e. The van der Waals surface area contributed by atoms with Crippen molar-refractivity contribution in [2.75, 3.05) is 85.6 Å².